The first-order valence-corrected chi connectivity index (χ1v) is 7.78. The van der Waals surface area contributed by atoms with Crippen LogP contribution in [-0.4, -0.2) is 65.1 Å². The van der Waals surface area contributed by atoms with Crippen LogP contribution in [-0.2, 0) is 0 Å². The molecule has 0 aliphatic carbocycles. The Hall–Kier alpha value is -1.70. The van der Waals surface area contributed by atoms with E-state index in [0.29, 0.717) is 35.7 Å². The Kier molecular flexibility index (Phi) is 4.05. The van der Waals surface area contributed by atoms with Gasteiger partial charge >= 0.3 is 0 Å². The molecule has 1 saturated heterocycles. The van der Waals surface area contributed by atoms with Gasteiger partial charge in [-0.3, -0.25) is 14.7 Å². The topological polar surface area (TPSA) is 82.7 Å². The summed E-state index contributed by atoms with van der Waals surface area (Å²) in [5, 5.41) is 8.94. The molecule has 0 radical (unpaired) electrons. The maximum Gasteiger partial charge on any atom is 0.266 e. The van der Waals surface area contributed by atoms with E-state index in [9.17, 15) is 4.79 Å². The number of β-amino-alcohol motifs (C(OH)–C–C–N with tert-alkyl or cyclic N) is 1. The highest BCUT2D eigenvalue weighted by molar-refractivity contribution is 7.21. The van der Waals surface area contributed by atoms with Gasteiger partial charge < -0.3 is 15.7 Å². The fourth-order valence-electron chi connectivity index (χ4n) is 2.57. The lowest BCUT2D eigenvalue weighted by atomic mass is 10.2. The average molecular weight is 306 g/mol. The molecule has 1 aliphatic rings. The Balaban J connectivity index is 1.77. The Bertz CT molecular complexity index is 649. The molecule has 0 spiro atoms. The number of hydrogen-bond donors (Lipinski definition) is 2. The van der Waals surface area contributed by atoms with Crippen LogP contribution >= 0.6 is 11.3 Å². The Labute approximate surface area is 126 Å². The van der Waals surface area contributed by atoms with Gasteiger partial charge in [-0.1, -0.05) is 0 Å². The third-order valence-electron chi connectivity index (χ3n) is 3.75. The average Bonchev–Trinajstić information content (AvgIpc) is 2.85. The minimum atomic E-state index is -0.0147. The fourth-order valence-corrected chi connectivity index (χ4v) is 3.62. The molecule has 1 amide bonds. The maximum atomic E-state index is 12.6. The summed E-state index contributed by atoms with van der Waals surface area (Å²) >= 11 is 1.40. The van der Waals surface area contributed by atoms with Gasteiger partial charge in [-0.25, -0.2) is 0 Å². The molecule has 3 heterocycles. The first-order valence-electron chi connectivity index (χ1n) is 6.96. The Morgan fingerprint density at radius 2 is 2.14 bits per heavy atom. The predicted molar refractivity (Wildman–Crippen MR) is 83.5 cm³/mol. The summed E-state index contributed by atoms with van der Waals surface area (Å²) in [7, 11) is 0. The molecule has 7 heteroatoms. The van der Waals surface area contributed by atoms with Gasteiger partial charge in [0.2, 0.25) is 0 Å². The largest absolute Gasteiger partial charge is 0.396 e. The summed E-state index contributed by atoms with van der Waals surface area (Å²) in [6.45, 7) is 3.73. The van der Waals surface area contributed by atoms with Crippen LogP contribution in [0.2, 0.25) is 0 Å². The van der Waals surface area contributed by atoms with E-state index in [4.69, 9.17) is 10.8 Å². The number of carbonyl (C=O) groups excluding carboxylic acids is 1. The van der Waals surface area contributed by atoms with Crippen molar-refractivity contribution in [3.63, 3.8) is 0 Å². The van der Waals surface area contributed by atoms with E-state index in [-0.39, 0.29) is 12.5 Å². The molecule has 0 bridgehead atoms. The lowest BCUT2D eigenvalue weighted by molar-refractivity contribution is 0.0620. The molecular weight excluding hydrogens is 288 g/mol. The SMILES string of the molecule is Nc1c(C(=O)N2CCN(CCO)CC2)sc2cccnc12. The van der Waals surface area contributed by atoms with Crippen LogP contribution in [0, 0.1) is 0 Å². The molecule has 1 fully saturated rings. The first-order chi connectivity index (χ1) is 10.2. The van der Waals surface area contributed by atoms with Crippen molar-refractivity contribution < 1.29 is 9.90 Å². The van der Waals surface area contributed by atoms with Crippen molar-refractivity contribution in [2.45, 2.75) is 0 Å². The highest BCUT2D eigenvalue weighted by Gasteiger charge is 2.25. The molecule has 21 heavy (non-hydrogen) atoms. The third-order valence-corrected chi connectivity index (χ3v) is 4.90. The number of nitrogens with two attached hydrogens (primary N) is 1. The Morgan fingerprint density at radius 3 is 2.81 bits per heavy atom. The summed E-state index contributed by atoms with van der Waals surface area (Å²) in [6.07, 6.45) is 1.69. The van der Waals surface area contributed by atoms with Crippen LogP contribution in [0.3, 0.4) is 0 Å². The number of aliphatic hydroxyl groups is 1. The maximum absolute atomic E-state index is 12.6. The summed E-state index contributed by atoms with van der Waals surface area (Å²) in [4.78, 5) is 21.4. The van der Waals surface area contributed by atoms with E-state index in [1.807, 2.05) is 17.0 Å². The van der Waals surface area contributed by atoms with E-state index in [1.165, 1.54) is 11.3 Å². The van der Waals surface area contributed by atoms with Crippen LogP contribution in [0.15, 0.2) is 18.3 Å². The van der Waals surface area contributed by atoms with E-state index >= 15 is 0 Å². The van der Waals surface area contributed by atoms with Gasteiger partial charge in [0.15, 0.2) is 0 Å². The van der Waals surface area contributed by atoms with Gasteiger partial charge in [0.05, 0.1) is 17.0 Å². The van der Waals surface area contributed by atoms with E-state index in [0.717, 1.165) is 17.8 Å². The van der Waals surface area contributed by atoms with Gasteiger partial charge in [-0.2, -0.15) is 0 Å². The molecule has 6 nitrogen and oxygen atoms in total. The van der Waals surface area contributed by atoms with Crippen molar-refractivity contribution in [1.82, 2.24) is 14.8 Å². The van der Waals surface area contributed by atoms with Crippen molar-refractivity contribution in [3.8, 4) is 0 Å². The van der Waals surface area contributed by atoms with E-state index in [1.54, 1.807) is 6.20 Å². The lowest BCUT2D eigenvalue weighted by Gasteiger charge is -2.34. The minimum absolute atomic E-state index is 0.0147. The van der Waals surface area contributed by atoms with Gasteiger partial charge in [-0.15, -0.1) is 11.3 Å². The zero-order chi connectivity index (χ0) is 14.8. The van der Waals surface area contributed by atoms with E-state index in [2.05, 4.69) is 9.88 Å². The highest BCUT2D eigenvalue weighted by Crippen LogP contribution is 2.32. The molecule has 112 valence electrons. The van der Waals surface area contributed by atoms with Gasteiger partial charge in [-0.05, 0) is 12.1 Å². The number of carbonyl (C=O) groups is 1. The normalized spacial score (nSPS) is 16.5. The summed E-state index contributed by atoms with van der Waals surface area (Å²) < 4.78 is 0.942. The van der Waals surface area contributed by atoms with Gasteiger partial charge in [0.25, 0.3) is 5.91 Å². The van der Waals surface area contributed by atoms with Crippen molar-refractivity contribution in [2.75, 3.05) is 45.1 Å². The lowest BCUT2D eigenvalue weighted by Crippen LogP contribution is -2.49. The smallest absolute Gasteiger partial charge is 0.266 e. The molecule has 0 saturated carbocycles. The number of rotatable bonds is 3. The van der Waals surface area contributed by atoms with Crippen LogP contribution in [0.5, 0.6) is 0 Å². The fraction of sp³-hybridized carbons (Fsp3) is 0.429. The monoisotopic (exact) mass is 306 g/mol. The quantitative estimate of drug-likeness (QED) is 0.869. The van der Waals surface area contributed by atoms with E-state index < -0.39 is 0 Å². The molecular formula is C14H18N4O2S. The second-order valence-corrected chi connectivity index (χ2v) is 6.10. The number of piperazine rings is 1. The molecule has 0 aromatic carbocycles. The van der Waals surface area contributed by atoms with Crippen molar-refractivity contribution in [2.24, 2.45) is 0 Å². The number of amides is 1. The van der Waals surface area contributed by atoms with Gasteiger partial charge in [0.1, 0.15) is 10.4 Å². The standard InChI is InChI=1S/C14H18N4O2S/c15-11-12-10(2-1-3-16-12)21-13(11)14(20)18-6-4-17(5-7-18)8-9-19/h1-3,19H,4-9,15H2. The highest BCUT2D eigenvalue weighted by atomic mass is 32.1. The second kappa shape index (κ2) is 5.97. The molecule has 0 unspecified atom stereocenters. The number of aliphatic hydroxyl groups excluding tert-OH is 1. The third kappa shape index (κ3) is 2.72. The van der Waals surface area contributed by atoms with Crippen LogP contribution in [0.4, 0.5) is 5.69 Å². The molecule has 2 aromatic heterocycles. The molecule has 2 aromatic rings. The minimum Gasteiger partial charge on any atom is -0.396 e. The first kappa shape index (κ1) is 14.2. The Morgan fingerprint density at radius 1 is 1.38 bits per heavy atom. The van der Waals surface area contributed by atoms with Gasteiger partial charge in [0, 0.05) is 38.9 Å². The number of pyridine rings is 1. The number of fused-ring (bicyclic) bond motifs is 1. The zero-order valence-corrected chi connectivity index (χ0v) is 12.5. The number of nitrogen functional groups attached to an aromatic ring is 1. The molecule has 1 aliphatic heterocycles. The molecule has 0 atom stereocenters. The van der Waals surface area contributed by atoms with Crippen molar-refractivity contribution in [3.05, 3.63) is 23.2 Å². The molecule has 3 N–H and O–H groups in total. The van der Waals surface area contributed by atoms with Crippen LogP contribution in [0.25, 0.3) is 10.2 Å². The summed E-state index contributed by atoms with van der Waals surface area (Å²) in [5.74, 6) is -0.0147. The number of hydrogen-bond acceptors (Lipinski definition) is 6. The zero-order valence-electron chi connectivity index (χ0n) is 11.7. The number of anilines is 1. The number of nitrogens with zero attached hydrogens (tertiary/aromatic N) is 3. The summed E-state index contributed by atoms with van der Waals surface area (Å²) in [6, 6.07) is 3.78. The number of thiophene rings is 1. The summed E-state index contributed by atoms with van der Waals surface area (Å²) in [5.41, 5.74) is 7.28. The van der Waals surface area contributed by atoms with Crippen LogP contribution < -0.4 is 5.73 Å². The van der Waals surface area contributed by atoms with Crippen molar-refractivity contribution >= 4 is 33.1 Å². The predicted octanol–water partition coefficient (Wildman–Crippen LogP) is 0.629. The molecule has 3 rings (SSSR count). The van der Waals surface area contributed by atoms with Crippen LogP contribution in [0.1, 0.15) is 9.67 Å². The second-order valence-electron chi connectivity index (χ2n) is 5.05. The van der Waals surface area contributed by atoms with Crippen molar-refractivity contribution in [1.29, 1.82) is 0 Å². The number of aromatic nitrogens is 1.